The Morgan fingerprint density at radius 3 is 2.77 bits per heavy atom. The third-order valence-corrected chi connectivity index (χ3v) is 5.02. The largest absolute Gasteiger partial charge is 0.454 e. The van der Waals surface area contributed by atoms with Crippen LogP contribution in [0.1, 0.15) is 16.6 Å². The molecule has 1 amide bonds. The molecule has 2 aromatic carbocycles. The molecule has 7 heteroatoms. The van der Waals surface area contributed by atoms with Crippen LogP contribution in [0.5, 0.6) is 11.5 Å². The highest BCUT2D eigenvalue weighted by molar-refractivity contribution is 7.20. The molecule has 2 heterocycles. The van der Waals surface area contributed by atoms with Crippen molar-refractivity contribution in [2.75, 3.05) is 12.1 Å². The normalized spacial score (nSPS) is 13.4. The molecule has 0 spiro atoms. The van der Waals surface area contributed by atoms with E-state index in [0.717, 1.165) is 10.1 Å². The molecule has 132 valence electrons. The summed E-state index contributed by atoms with van der Waals surface area (Å²) in [4.78, 5) is 25.1. The van der Waals surface area contributed by atoms with E-state index in [2.05, 4.69) is 5.32 Å². The summed E-state index contributed by atoms with van der Waals surface area (Å²) in [6.45, 7) is 1.70. The van der Waals surface area contributed by atoms with Crippen LogP contribution in [0.3, 0.4) is 0 Å². The summed E-state index contributed by atoms with van der Waals surface area (Å²) >= 11 is 1.34. The van der Waals surface area contributed by atoms with Gasteiger partial charge >= 0.3 is 5.97 Å². The summed E-state index contributed by atoms with van der Waals surface area (Å²) in [5.74, 6) is 0.267. The number of hydrogen-bond donors (Lipinski definition) is 1. The van der Waals surface area contributed by atoms with Crippen LogP contribution in [-0.4, -0.2) is 24.8 Å². The second-order valence-electron chi connectivity index (χ2n) is 5.75. The minimum atomic E-state index is -0.932. The average Bonchev–Trinajstić information content (AvgIpc) is 3.27. The first-order valence-electron chi connectivity index (χ1n) is 8.00. The van der Waals surface area contributed by atoms with Crippen molar-refractivity contribution >= 4 is 39.0 Å². The van der Waals surface area contributed by atoms with Gasteiger partial charge in [-0.15, -0.1) is 11.3 Å². The molecular weight excluding hydrogens is 354 g/mol. The molecule has 4 rings (SSSR count). The number of nitrogens with one attached hydrogen (secondary N) is 1. The molecule has 0 unspecified atom stereocenters. The number of rotatable bonds is 4. The van der Waals surface area contributed by atoms with Gasteiger partial charge in [0, 0.05) is 16.5 Å². The highest BCUT2D eigenvalue weighted by atomic mass is 32.1. The van der Waals surface area contributed by atoms with Crippen molar-refractivity contribution in [1.82, 2.24) is 0 Å². The lowest BCUT2D eigenvalue weighted by Crippen LogP contribution is -2.29. The Hall–Kier alpha value is -3.06. The van der Waals surface area contributed by atoms with Crippen LogP contribution in [0.15, 0.2) is 48.5 Å². The fourth-order valence-electron chi connectivity index (χ4n) is 2.57. The highest BCUT2D eigenvalue weighted by Gasteiger charge is 2.21. The molecule has 1 atom stereocenters. The molecule has 3 aromatic rings. The van der Waals surface area contributed by atoms with E-state index in [1.165, 1.54) is 18.3 Å². The Kier molecular flexibility index (Phi) is 4.22. The monoisotopic (exact) mass is 369 g/mol. The zero-order valence-electron chi connectivity index (χ0n) is 13.9. The second-order valence-corrected chi connectivity index (χ2v) is 6.84. The van der Waals surface area contributed by atoms with Gasteiger partial charge in [0.05, 0.1) is 0 Å². The van der Waals surface area contributed by atoms with Crippen molar-refractivity contribution in [1.29, 1.82) is 0 Å². The maximum Gasteiger partial charge on any atom is 0.349 e. The topological polar surface area (TPSA) is 73.9 Å². The Bertz CT molecular complexity index is 964. The zero-order chi connectivity index (χ0) is 18.1. The Morgan fingerprint density at radius 2 is 1.92 bits per heavy atom. The fraction of sp³-hybridized carbons (Fsp3) is 0.158. The third kappa shape index (κ3) is 3.21. The van der Waals surface area contributed by atoms with Crippen LogP contribution in [0.2, 0.25) is 0 Å². The fourth-order valence-corrected chi connectivity index (χ4v) is 3.52. The standard InChI is InChI=1S/C19H15NO5S/c1-11(18(21)20-13-6-7-14-15(9-13)24-10-23-14)25-19(22)17-8-12-4-2-3-5-16(12)26-17/h2-9,11H,10H2,1H3,(H,20,21)/t11-/m1/s1. The van der Waals surface area contributed by atoms with Crippen molar-refractivity contribution in [2.24, 2.45) is 0 Å². The zero-order valence-corrected chi connectivity index (χ0v) is 14.7. The molecular formula is C19H15NO5S. The molecule has 0 saturated heterocycles. The van der Waals surface area contributed by atoms with E-state index >= 15 is 0 Å². The van der Waals surface area contributed by atoms with E-state index in [1.54, 1.807) is 24.3 Å². The predicted octanol–water partition coefficient (Wildman–Crippen LogP) is 3.81. The number of carbonyl (C=O) groups is 2. The van der Waals surface area contributed by atoms with Crippen LogP contribution < -0.4 is 14.8 Å². The summed E-state index contributed by atoms with van der Waals surface area (Å²) in [6.07, 6.45) is -0.932. The summed E-state index contributed by atoms with van der Waals surface area (Å²) in [5, 5.41) is 3.68. The predicted molar refractivity (Wildman–Crippen MR) is 97.9 cm³/mol. The van der Waals surface area contributed by atoms with Gasteiger partial charge < -0.3 is 19.5 Å². The van der Waals surface area contributed by atoms with Crippen LogP contribution in [0.25, 0.3) is 10.1 Å². The van der Waals surface area contributed by atoms with Crippen LogP contribution in [0, 0.1) is 0 Å². The number of benzene rings is 2. The lowest BCUT2D eigenvalue weighted by Gasteiger charge is -2.13. The van der Waals surface area contributed by atoms with Crippen molar-refractivity contribution in [3.05, 3.63) is 53.4 Å². The molecule has 26 heavy (non-hydrogen) atoms. The number of thiophene rings is 1. The quantitative estimate of drug-likeness (QED) is 0.708. The molecule has 0 bridgehead atoms. The van der Waals surface area contributed by atoms with Crippen molar-refractivity contribution in [3.8, 4) is 11.5 Å². The van der Waals surface area contributed by atoms with Crippen molar-refractivity contribution in [3.63, 3.8) is 0 Å². The van der Waals surface area contributed by atoms with Gasteiger partial charge in [0.25, 0.3) is 5.91 Å². The Labute approximate surface area is 153 Å². The van der Waals surface area contributed by atoms with E-state index in [9.17, 15) is 9.59 Å². The number of carbonyl (C=O) groups excluding carboxylic acids is 2. The molecule has 6 nitrogen and oxygen atoms in total. The van der Waals surface area contributed by atoms with Crippen molar-refractivity contribution in [2.45, 2.75) is 13.0 Å². The molecule has 1 N–H and O–H groups in total. The average molecular weight is 369 g/mol. The molecule has 0 fully saturated rings. The number of hydrogen-bond acceptors (Lipinski definition) is 6. The summed E-state index contributed by atoms with van der Waals surface area (Å²) < 4.78 is 16.8. The highest BCUT2D eigenvalue weighted by Crippen LogP contribution is 2.34. The first kappa shape index (κ1) is 16.4. The SMILES string of the molecule is C[C@@H](OC(=O)c1cc2ccccc2s1)C(=O)Nc1ccc2c(c1)OCO2. The molecule has 0 saturated carbocycles. The number of fused-ring (bicyclic) bond motifs is 2. The van der Waals surface area contributed by atoms with Gasteiger partial charge in [-0.2, -0.15) is 0 Å². The summed E-state index contributed by atoms with van der Waals surface area (Å²) in [5.41, 5.74) is 0.545. The summed E-state index contributed by atoms with van der Waals surface area (Å²) in [7, 11) is 0. The van der Waals surface area contributed by atoms with Gasteiger partial charge in [-0.25, -0.2) is 4.79 Å². The first-order valence-corrected chi connectivity index (χ1v) is 8.82. The van der Waals surface area contributed by atoms with Crippen molar-refractivity contribution < 1.29 is 23.8 Å². The number of ether oxygens (including phenoxy) is 3. The van der Waals surface area contributed by atoms with E-state index in [-0.39, 0.29) is 6.79 Å². The van der Waals surface area contributed by atoms with Gasteiger partial charge in [0.2, 0.25) is 6.79 Å². The molecule has 1 aromatic heterocycles. The Morgan fingerprint density at radius 1 is 1.12 bits per heavy atom. The van der Waals surface area contributed by atoms with Crippen LogP contribution in [-0.2, 0) is 9.53 Å². The third-order valence-electron chi connectivity index (χ3n) is 3.92. The number of anilines is 1. The second kappa shape index (κ2) is 6.68. The van der Waals surface area contributed by atoms with Gasteiger partial charge in [-0.1, -0.05) is 18.2 Å². The Balaban J connectivity index is 1.41. The van der Waals surface area contributed by atoms with Crippen LogP contribution >= 0.6 is 11.3 Å². The van der Waals surface area contributed by atoms with E-state index < -0.39 is 18.0 Å². The maximum atomic E-state index is 12.3. The summed E-state index contributed by atoms with van der Waals surface area (Å²) in [6, 6.07) is 14.5. The van der Waals surface area contributed by atoms with E-state index in [0.29, 0.717) is 22.1 Å². The van der Waals surface area contributed by atoms with Crippen LogP contribution in [0.4, 0.5) is 5.69 Å². The van der Waals surface area contributed by atoms with Gasteiger partial charge in [0.1, 0.15) is 4.88 Å². The molecule has 1 aliphatic heterocycles. The minimum absolute atomic E-state index is 0.163. The van der Waals surface area contributed by atoms with Gasteiger partial charge in [-0.05, 0) is 36.6 Å². The lowest BCUT2D eigenvalue weighted by atomic mass is 10.2. The number of esters is 1. The van der Waals surface area contributed by atoms with E-state index in [1.807, 2.05) is 24.3 Å². The molecule has 1 aliphatic rings. The first-order chi connectivity index (χ1) is 12.6. The van der Waals surface area contributed by atoms with Gasteiger partial charge in [0.15, 0.2) is 17.6 Å². The maximum absolute atomic E-state index is 12.3. The lowest BCUT2D eigenvalue weighted by molar-refractivity contribution is -0.123. The number of amides is 1. The van der Waals surface area contributed by atoms with E-state index in [4.69, 9.17) is 14.2 Å². The smallest absolute Gasteiger partial charge is 0.349 e. The molecule has 0 radical (unpaired) electrons. The van der Waals surface area contributed by atoms with Gasteiger partial charge in [-0.3, -0.25) is 4.79 Å². The minimum Gasteiger partial charge on any atom is -0.454 e. The molecule has 0 aliphatic carbocycles.